The summed E-state index contributed by atoms with van der Waals surface area (Å²) in [5.74, 6) is 3.89. The Labute approximate surface area is 169 Å². The molecule has 2 aliphatic heterocycles. The summed E-state index contributed by atoms with van der Waals surface area (Å²) in [6.45, 7) is 7.82. The first-order chi connectivity index (χ1) is 14.2. The van der Waals surface area contributed by atoms with E-state index in [9.17, 15) is 4.79 Å². The van der Waals surface area contributed by atoms with Crippen LogP contribution in [0.5, 0.6) is 0 Å². The highest BCUT2D eigenvalue weighted by molar-refractivity contribution is 5.92. The van der Waals surface area contributed by atoms with E-state index in [0.717, 1.165) is 75.5 Å². The molecule has 5 rings (SSSR count). The normalized spacial score (nSPS) is 20.2. The average molecular weight is 398 g/mol. The van der Waals surface area contributed by atoms with E-state index in [1.54, 1.807) is 0 Å². The second-order valence-corrected chi connectivity index (χ2v) is 7.90. The molecule has 1 aliphatic carbocycles. The van der Waals surface area contributed by atoms with E-state index in [0.29, 0.717) is 24.7 Å². The van der Waals surface area contributed by atoms with Gasteiger partial charge in [0.15, 0.2) is 5.69 Å². The summed E-state index contributed by atoms with van der Waals surface area (Å²) in [6, 6.07) is 3.87. The maximum atomic E-state index is 12.8. The maximum Gasteiger partial charge on any atom is 0.276 e. The maximum absolute atomic E-state index is 12.8. The minimum atomic E-state index is -0.0480. The highest BCUT2D eigenvalue weighted by atomic mass is 16.5. The van der Waals surface area contributed by atoms with Crippen molar-refractivity contribution in [3.8, 4) is 0 Å². The Hall–Kier alpha value is -2.68. The first-order valence-electron chi connectivity index (χ1n) is 10.4. The molecule has 9 nitrogen and oxygen atoms in total. The van der Waals surface area contributed by atoms with Crippen LogP contribution in [0.2, 0.25) is 0 Å². The molecule has 0 aromatic carbocycles. The molecule has 1 saturated carbocycles. The smallest absolute Gasteiger partial charge is 0.276 e. The van der Waals surface area contributed by atoms with E-state index in [2.05, 4.69) is 31.0 Å². The van der Waals surface area contributed by atoms with Crippen molar-refractivity contribution >= 4 is 17.5 Å². The molecule has 0 unspecified atom stereocenters. The van der Waals surface area contributed by atoms with Crippen LogP contribution in [0.25, 0.3) is 0 Å². The van der Waals surface area contributed by atoms with Gasteiger partial charge in [-0.25, -0.2) is 9.97 Å². The Morgan fingerprint density at radius 2 is 1.62 bits per heavy atom. The van der Waals surface area contributed by atoms with Gasteiger partial charge < -0.3 is 24.0 Å². The van der Waals surface area contributed by atoms with Crippen molar-refractivity contribution in [3.63, 3.8) is 0 Å². The van der Waals surface area contributed by atoms with Gasteiger partial charge in [0.05, 0.1) is 13.2 Å². The summed E-state index contributed by atoms with van der Waals surface area (Å²) in [6.07, 6.45) is 2.26. The van der Waals surface area contributed by atoms with Gasteiger partial charge in [0.1, 0.15) is 23.2 Å². The highest BCUT2D eigenvalue weighted by Gasteiger charge is 2.31. The minimum absolute atomic E-state index is 0.0480. The third-order valence-electron chi connectivity index (χ3n) is 5.76. The summed E-state index contributed by atoms with van der Waals surface area (Å²) in [5, 5.41) is 3.99. The van der Waals surface area contributed by atoms with Crippen LogP contribution in [-0.2, 0) is 4.74 Å². The number of amides is 1. The number of morpholine rings is 1. The Kier molecular flexibility index (Phi) is 4.83. The lowest BCUT2D eigenvalue weighted by atomic mass is 10.2. The van der Waals surface area contributed by atoms with E-state index in [1.165, 1.54) is 0 Å². The highest BCUT2D eigenvalue weighted by Crippen LogP contribution is 2.40. The molecule has 1 amide bonds. The topological polar surface area (TPSA) is 87.8 Å². The van der Waals surface area contributed by atoms with Gasteiger partial charge in [-0.15, -0.1) is 0 Å². The SMILES string of the molecule is Cc1nc(N2CCOCC2)cc(N2CCN(C(=O)c3cc(C4CC4)on3)CC2)n1. The van der Waals surface area contributed by atoms with E-state index in [4.69, 9.17) is 9.26 Å². The van der Waals surface area contributed by atoms with Crippen LogP contribution in [0.4, 0.5) is 11.6 Å². The molecule has 29 heavy (non-hydrogen) atoms. The van der Waals surface area contributed by atoms with Gasteiger partial charge in [0.25, 0.3) is 5.91 Å². The van der Waals surface area contributed by atoms with E-state index < -0.39 is 0 Å². The van der Waals surface area contributed by atoms with Crippen molar-refractivity contribution in [1.29, 1.82) is 0 Å². The quantitative estimate of drug-likeness (QED) is 0.765. The average Bonchev–Trinajstić information content (AvgIpc) is 3.50. The van der Waals surface area contributed by atoms with Gasteiger partial charge in [0.2, 0.25) is 0 Å². The zero-order valence-corrected chi connectivity index (χ0v) is 16.7. The van der Waals surface area contributed by atoms with Crippen molar-refractivity contribution in [3.05, 3.63) is 29.4 Å². The number of carbonyl (C=O) groups excluding carboxylic acids is 1. The number of anilines is 2. The number of ether oxygens (including phenoxy) is 1. The molecule has 2 saturated heterocycles. The molecule has 154 valence electrons. The van der Waals surface area contributed by atoms with Crippen LogP contribution in [0, 0.1) is 6.92 Å². The molecule has 3 fully saturated rings. The second-order valence-electron chi connectivity index (χ2n) is 7.90. The monoisotopic (exact) mass is 398 g/mol. The van der Waals surface area contributed by atoms with Gasteiger partial charge in [-0.1, -0.05) is 5.16 Å². The number of aromatic nitrogens is 3. The molecule has 0 bridgehead atoms. The number of carbonyl (C=O) groups is 1. The van der Waals surface area contributed by atoms with Gasteiger partial charge in [-0.05, 0) is 19.8 Å². The summed E-state index contributed by atoms with van der Waals surface area (Å²) in [5.41, 5.74) is 0.424. The lowest BCUT2D eigenvalue weighted by Gasteiger charge is -2.35. The number of rotatable bonds is 4. The summed E-state index contributed by atoms with van der Waals surface area (Å²) in [7, 11) is 0. The summed E-state index contributed by atoms with van der Waals surface area (Å²) >= 11 is 0. The molecule has 0 atom stereocenters. The molecular weight excluding hydrogens is 372 g/mol. The van der Waals surface area contributed by atoms with E-state index in [1.807, 2.05) is 17.9 Å². The summed E-state index contributed by atoms with van der Waals surface area (Å²) in [4.78, 5) is 28.3. The van der Waals surface area contributed by atoms with Crippen LogP contribution in [-0.4, -0.2) is 78.4 Å². The van der Waals surface area contributed by atoms with Crippen LogP contribution < -0.4 is 9.80 Å². The van der Waals surface area contributed by atoms with Crippen LogP contribution in [0.3, 0.4) is 0 Å². The molecular formula is C20H26N6O3. The lowest BCUT2D eigenvalue weighted by molar-refractivity contribution is 0.0736. The largest absolute Gasteiger partial charge is 0.378 e. The van der Waals surface area contributed by atoms with Crippen molar-refractivity contribution in [2.75, 3.05) is 62.3 Å². The minimum Gasteiger partial charge on any atom is -0.378 e. The molecule has 4 heterocycles. The van der Waals surface area contributed by atoms with E-state index >= 15 is 0 Å². The summed E-state index contributed by atoms with van der Waals surface area (Å²) < 4.78 is 10.8. The Balaban J connectivity index is 1.24. The fourth-order valence-electron chi connectivity index (χ4n) is 3.90. The number of piperazine rings is 1. The molecule has 3 aliphatic rings. The molecule has 9 heteroatoms. The number of hydrogen-bond acceptors (Lipinski definition) is 8. The van der Waals surface area contributed by atoms with Crippen molar-refractivity contribution in [1.82, 2.24) is 20.0 Å². The van der Waals surface area contributed by atoms with Crippen molar-refractivity contribution in [2.45, 2.75) is 25.7 Å². The van der Waals surface area contributed by atoms with Gasteiger partial charge in [-0.3, -0.25) is 4.79 Å². The molecule has 0 N–H and O–H groups in total. The fourth-order valence-corrected chi connectivity index (χ4v) is 3.90. The molecule has 2 aromatic heterocycles. The first kappa shape index (κ1) is 18.4. The zero-order chi connectivity index (χ0) is 19.8. The number of hydrogen-bond donors (Lipinski definition) is 0. The predicted octanol–water partition coefficient (Wildman–Crippen LogP) is 1.45. The third kappa shape index (κ3) is 3.91. The van der Waals surface area contributed by atoms with Gasteiger partial charge >= 0.3 is 0 Å². The lowest BCUT2D eigenvalue weighted by Crippen LogP contribution is -2.49. The Morgan fingerprint density at radius 3 is 2.28 bits per heavy atom. The number of aryl methyl sites for hydroxylation is 1. The van der Waals surface area contributed by atoms with Gasteiger partial charge in [-0.2, -0.15) is 0 Å². The standard InChI is InChI=1S/C20H26N6O3/c1-14-21-18(13-19(22-14)25-8-10-28-11-9-25)24-4-6-26(7-5-24)20(27)16-12-17(29-23-16)15-2-3-15/h12-13,15H,2-11H2,1H3. The molecule has 0 spiro atoms. The Morgan fingerprint density at radius 1 is 0.966 bits per heavy atom. The van der Waals surface area contributed by atoms with E-state index in [-0.39, 0.29) is 5.91 Å². The van der Waals surface area contributed by atoms with Crippen LogP contribution in [0.15, 0.2) is 16.7 Å². The number of nitrogens with zero attached hydrogens (tertiary/aromatic N) is 6. The fraction of sp³-hybridized carbons (Fsp3) is 0.600. The van der Waals surface area contributed by atoms with Crippen LogP contribution in [0.1, 0.15) is 40.8 Å². The second kappa shape index (κ2) is 7.62. The third-order valence-corrected chi connectivity index (χ3v) is 5.76. The van der Waals surface area contributed by atoms with Gasteiger partial charge in [0, 0.05) is 57.3 Å². The van der Waals surface area contributed by atoms with Crippen LogP contribution >= 0.6 is 0 Å². The zero-order valence-electron chi connectivity index (χ0n) is 16.7. The van der Waals surface area contributed by atoms with Crippen molar-refractivity contribution in [2.24, 2.45) is 0 Å². The first-order valence-corrected chi connectivity index (χ1v) is 10.4. The predicted molar refractivity (Wildman–Crippen MR) is 106 cm³/mol. The molecule has 2 aromatic rings. The molecule has 0 radical (unpaired) electrons. The Bertz CT molecular complexity index is 882. The van der Waals surface area contributed by atoms with Crippen molar-refractivity contribution < 1.29 is 14.1 Å².